The molecule has 0 spiro atoms. The van der Waals surface area contributed by atoms with Gasteiger partial charge in [-0.1, -0.05) is 12.1 Å². The summed E-state index contributed by atoms with van der Waals surface area (Å²) in [4.78, 5) is 10.8. The second-order valence-electron chi connectivity index (χ2n) is 6.68. The van der Waals surface area contributed by atoms with Crippen molar-refractivity contribution in [3.63, 3.8) is 0 Å². The molecule has 0 aliphatic heterocycles. The maximum atomic E-state index is 14.6. The van der Waals surface area contributed by atoms with Gasteiger partial charge in [0, 0.05) is 5.92 Å². The summed E-state index contributed by atoms with van der Waals surface area (Å²) in [5.41, 5.74) is 0.222. The zero-order valence-corrected chi connectivity index (χ0v) is 14.5. The third-order valence-electron chi connectivity index (χ3n) is 4.27. The maximum absolute atomic E-state index is 14.6. The van der Waals surface area contributed by atoms with E-state index >= 15 is 0 Å². The Labute approximate surface area is 150 Å². The number of hydrogen-bond donors (Lipinski definition) is 1. The van der Waals surface area contributed by atoms with E-state index < -0.39 is 17.6 Å². The van der Waals surface area contributed by atoms with E-state index in [1.54, 1.807) is 38.1 Å². The monoisotopic (exact) mass is 362 g/mol. The Balaban J connectivity index is 1.73. The Bertz CT molecular complexity index is 802. The Morgan fingerprint density at radius 1 is 1.19 bits per heavy atom. The van der Waals surface area contributed by atoms with Crippen molar-refractivity contribution in [2.75, 3.05) is 6.61 Å². The van der Waals surface area contributed by atoms with Crippen LogP contribution in [-0.4, -0.2) is 23.8 Å². The summed E-state index contributed by atoms with van der Waals surface area (Å²) in [6.45, 7) is 3.85. The zero-order valence-electron chi connectivity index (χ0n) is 14.5. The van der Waals surface area contributed by atoms with Crippen molar-refractivity contribution in [2.45, 2.75) is 26.4 Å². The van der Waals surface area contributed by atoms with Crippen LogP contribution in [0.15, 0.2) is 36.4 Å². The molecule has 0 saturated heterocycles. The average Bonchev–Trinajstić information content (AvgIpc) is 3.37. The lowest BCUT2D eigenvalue weighted by molar-refractivity contribution is -0.138. The Kier molecular flexibility index (Phi) is 5.11. The van der Waals surface area contributed by atoms with E-state index in [0.717, 1.165) is 0 Å². The van der Waals surface area contributed by atoms with Gasteiger partial charge in [-0.15, -0.1) is 0 Å². The van der Waals surface area contributed by atoms with Gasteiger partial charge in [0.25, 0.3) is 0 Å². The minimum Gasteiger partial charge on any atom is -0.493 e. The fourth-order valence-corrected chi connectivity index (χ4v) is 2.80. The number of carbonyl (C=O) groups is 1. The first-order chi connectivity index (χ1) is 12.4. The molecule has 1 N–H and O–H groups in total. The van der Waals surface area contributed by atoms with Crippen molar-refractivity contribution in [3.05, 3.63) is 48.0 Å². The van der Waals surface area contributed by atoms with E-state index in [-0.39, 0.29) is 29.3 Å². The third-order valence-corrected chi connectivity index (χ3v) is 4.27. The summed E-state index contributed by atoms with van der Waals surface area (Å²) in [5, 5.41) is 8.88. The summed E-state index contributed by atoms with van der Waals surface area (Å²) in [6.07, 6.45) is 0.391. The highest BCUT2D eigenvalue weighted by molar-refractivity contribution is 5.73. The predicted octanol–water partition coefficient (Wildman–Crippen LogP) is 4.52. The summed E-state index contributed by atoms with van der Waals surface area (Å²) in [5.74, 6) is -1.99. The lowest BCUT2D eigenvalue weighted by Crippen LogP contribution is -2.08. The summed E-state index contributed by atoms with van der Waals surface area (Å²) < 4.78 is 39.7. The molecule has 26 heavy (non-hydrogen) atoms. The molecule has 6 heteroatoms. The van der Waals surface area contributed by atoms with Crippen molar-refractivity contribution in [1.29, 1.82) is 0 Å². The second kappa shape index (κ2) is 7.32. The van der Waals surface area contributed by atoms with E-state index in [1.165, 1.54) is 12.1 Å². The quantitative estimate of drug-likeness (QED) is 0.787. The SMILES string of the molecule is CC(C)Oc1ccc(F)c(-c2ccc(OCC3CC3C(=O)O)cc2)c1F. The highest BCUT2D eigenvalue weighted by Crippen LogP contribution is 2.39. The van der Waals surface area contributed by atoms with E-state index in [1.807, 2.05) is 0 Å². The predicted molar refractivity (Wildman–Crippen MR) is 92.3 cm³/mol. The fourth-order valence-electron chi connectivity index (χ4n) is 2.80. The first-order valence-corrected chi connectivity index (χ1v) is 8.47. The molecular weight excluding hydrogens is 342 g/mol. The normalized spacial score (nSPS) is 18.7. The summed E-state index contributed by atoms with van der Waals surface area (Å²) in [6, 6.07) is 8.82. The van der Waals surface area contributed by atoms with Crippen LogP contribution >= 0.6 is 0 Å². The van der Waals surface area contributed by atoms with Crippen molar-refractivity contribution in [3.8, 4) is 22.6 Å². The number of rotatable bonds is 7. The maximum Gasteiger partial charge on any atom is 0.306 e. The molecule has 4 nitrogen and oxygen atoms in total. The number of ether oxygens (including phenoxy) is 2. The van der Waals surface area contributed by atoms with Gasteiger partial charge in [0.15, 0.2) is 11.6 Å². The van der Waals surface area contributed by atoms with Crippen LogP contribution in [0.4, 0.5) is 8.78 Å². The first kappa shape index (κ1) is 18.2. The molecule has 0 bridgehead atoms. The van der Waals surface area contributed by atoms with E-state index in [4.69, 9.17) is 14.6 Å². The standard InChI is InChI=1S/C20H20F2O4/c1-11(2)26-17-8-7-16(21)18(19(17)22)12-3-5-14(6-4-12)25-10-13-9-15(13)20(23)24/h3-8,11,13,15H,9-10H2,1-2H3,(H,23,24). The van der Waals surface area contributed by atoms with E-state index in [9.17, 15) is 13.6 Å². The first-order valence-electron chi connectivity index (χ1n) is 8.47. The van der Waals surface area contributed by atoms with Gasteiger partial charge in [0.05, 0.1) is 24.2 Å². The minimum absolute atomic E-state index is 0.00479. The number of hydrogen-bond acceptors (Lipinski definition) is 3. The minimum atomic E-state index is -0.802. The highest BCUT2D eigenvalue weighted by atomic mass is 19.1. The van der Waals surface area contributed by atoms with Crippen molar-refractivity contribution in [1.82, 2.24) is 0 Å². The molecule has 0 amide bonds. The van der Waals surface area contributed by atoms with E-state index in [0.29, 0.717) is 24.3 Å². The van der Waals surface area contributed by atoms with E-state index in [2.05, 4.69) is 0 Å². The topological polar surface area (TPSA) is 55.8 Å². The molecule has 0 heterocycles. The smallest absolute Gasteiger partial charge is 0.306 e. The number of carboxylic acids is 1. The third kappa shape index (κ3) is 3.95. The average molecular weight is 362 g/mol. The molecule has 1 aliphatic rings. The second-order valence-corrected chi connectivity index (χ2v) is 6.68. The van der Waals surface area contributed by atoms with Crippen molar-refractivity contribution >= 4 is 5.97 Å². The van der Waals surface area contributed by atoms with Crippen molar-refractivity contribution in [2.24, 2.45) is 11.8 Å². The van der Waals surface area contributed by atoms with Gasteiger partial charge < -0.3 is 14.6 Å². The molecule has 2 aromatic carbocycles. The van der Waals surface area contributed by atoms with Gasteiger partial charge in [-0.2, -0.15) is 0 Å². The fraction of sp³-hybridized carbons (Fsp3) is 0.350. The number of benzene rings is 2. The molecule has 1 fully saturated rings. The summed E-state index contributed by atoms with van der Waals surface area (Å²) in [7, 11) is 0. The summed E-state index contributed by atoms with van der Waals surface area (Å²) >= 11 is 0. The molecule has 0 radical (unpaired) electrons. The molecule has 1 aliphatic carbocycles. The van der Waals surface area contributed by atoms with Gasteiger partial charge in [-0.25, -0.2) is 8.78 Å². The Morgan fingerprint density at radius 3 is 2.46 bits per heavy atom. The molecule has 2 atom stereocenters. The molecule has 3 rings (SSSR count). The van der Waals surface area contributed by atoms with Crippen LogP contribution in [0.2, 0.25) is 0 Å². The van der Waals surface area contributed by atoms with Gasteiger partial charge in [-0.3, -0.25) is 4.79 Å². The molecule has 1 saturated carbocycles. The molecule has 138 valence electrons. The molecular formula is C20H20F2O4. The van der Waals surface area contributed by atoms with Crippen LogP contribution in [0.5, 0.6) is 11.5 Å². The van der Waals surface area contributed by atoms with Crippen LogP contribution in [0.3, 0.4) is 0 Å². The van der Waals surface area contributed by atoms with Gasteiger partial charge in [0.1, 0.15) is 11.6 Å². The van der Waals surface area contributed by atoms with Crippen LogP contribution < -0.4 is 9.47 Å². The van der Waals surface area contributed by atoms with Crippen LogP contribution in [0, 0.1) is 23.5 Å². The number of carboxylic acid groups (broad SMARTS) is 1. The zero-order chi connectivity index (χ0) is 18.8. The highest BCUT2D eigenvalue weighted by Gasteiger charge is 2.43. The van der Waals surface area contributed by atoms with Crippen molar-refractivity contribution < 1.29 is 28.2 Å². The van der Waals surface area contributed by atoms with Crippen LogP contribution in [0.1, 0.15) is 20.3 Å². The number of halogens is 2. The van der Waals surface area contributed by atoms with Crippen LogP contribution in [-0.2, 0) is 4.79 Å². The molecule has 0 aromatic heterocycles. The molecule has 2 unspecified atom stereocenters. The lowest BCUT2D eigenvalue weighted by atomic mass is 10.0. The largest absolute Gasteiger partial charge is 0.493 e. The Hall–Kier alpha value is -2.63. The van der Waals surface area contributed by atoms with Crippen LogP contribution in [0.25, 0.3) is 11.1 Å². The number of aliphatic carboxylic acids is 1. The molecule has 2 aromatic rings. The van der Waals surface area contributed by atoms with Gasteiger partial charge in [-0.05, 0) is 50.1 Å². The van der Waals surface area contributed by atoms with Gasteiger partial charge >= 0.3 is 5.97 Å². The van der Waals surface area contributed by atoms with Gasteiger partial charge in [0.2, 0.25) is 0 Å². The Morgan fingerprint density at radius 2 is 1.88 bits per heavy atom. The lowest BCUT2D eigenvalue weighted by Gasteiger charge is -2.14.